The zero-order chi connectivity index (χ0) is 7.61. The fourth-order valence-electron chi connectivity index (χ4n) is 1.11. The quantitative estimate of drug-likeness (QED) is 0.606. The lowest BCUT2D eigenvalue weighted by molar-refractivity contribution is -0.139. The first kappa shape index (κ1) is 7.88. The molecule has 0 spiro atoms. The number of aliphatic carboxylic acids is 1. The van der Waals surface area contributed by atoms with Gasteiger partial charge in [0.1, 0.15) is 4.75 Å². The van der Waals surface area contributed by atoms with Crippen LogP contribution in [0.4, 0.5) is 0 Å². The Morgan fingerprint density at radius 2 is 2.50 bits per heavy atom. The van der Waals surface area contributed by atoms with E-state index in [2.05, 4.69) is 5.32 Å². The van der Waals surface area contributed by atoms with Crippen molar-refractivity contribution in [3.8, 4) is 0 Å². The topological polar surface area (TPSA) is 49.3 Å². The number of hydrogen-bond donors (Lipinski definition) is 2. The molecule has 1 heterocycles. The van der Waals surface area contributed by atoms with Crippen molar-refractivity contribution < 1.29 is 9.90 Å². The molecule has 1 saturated heterocycles. The molecule has 3 nitrogen and oxygen atoms in total. The molecule has 1 aliphatic heterocycles. The van der Waals surface area contributed by atoms with E-state index in [9.17, 15) is 4.79 Å². The molecule has 1 fully saturated rings. The van der Waals surface area contributed by atoms with Crippen molar-refractivity contribution in [3.05, 3.63) is 0 Å². The second-order valence-corrected chi connectivity index (χ2v) is 3.62. The number of carboxylic acids is 1. The molecule has 0 saturated carbocycles. The fourth-order valence-corrected chi connectivity index (χ4v) is 1.84. The van der Waals surface area contributed by atoms with E-state index in [1.807, 2.05) is 6.26 Å². The monoisotopic (exact) mass is 161 g/mol. The summed E-state index contributed by atoms with van der Waals surface area (Å²) in [5.41, 5.74) is 0. The fraction of sp³-hybridized carbons (Fsp3) is 0.833. The molecule has 0 amide bonds. The van der Waals surface area contributed by atoms with Gasteiger partial charge in [-0.1, -0.05) is 0 Å². The molecular weight excluding hydrogens is 150 g/mol. The SMILES string of the molecule is CSC1(C(=O)O)CCNC1. The summed E-state index contributed by atoms with van der Waals surface area (Å²) in [5.74, 6) is -0.690. The average molecular weight is 161 g/mol. The maximum atomic E-state index is 10.7. The molecule has 10 heavy (non-hydrogen) atoms. The van der Waals surface area contributed by atoms with Gasteiger partial charge >= 0.3 is 5.97 Å². The van der Waals surface area contributed by atoms with Crippen LogP contribution in [-0.4, -0.2) is 35.2 Å². The minimum absolute atomic E-state index is 0.542. The molecule has 0 aromatic carbocycles. The molecule has 58 valence electrons. The Labute approximate surface area is 64.2 Å². The minimum Gasteiger partial charge on any atom is -0.480 e. The Morgan fingerprint density at radius 3 is 2.70 bits per heavy atom. The predicted molar refractivity (Wildman–Crippen MR) is 41.4 cm³/mol. The van der Waals surface area contributed by atoms with E-state index < -0.39 is 10.7 Å². The molecule has 0 radical (unpaired) electrons. The van der Waals surface area contributed by atoms with Crippen LogP contribution < -0.4 is 5.32 Å². The highest BCUT2D eigenvalue weighted by atomic mass is 32.2. The Morgan fingerprint density at radius 1 is 1.80 bits per heavy atom. The number of carbonyl (C=O) groups is 1. The van der Waals surface area contributed by atoms with Gasteiger partial charge in [-0.25, -0.2) is 0 Å². The third kappa shape index (κ3) is 1.13. The number of thioether (sulfide) groups is 1. The normalized spacial score (nSPS) is 32.5. The maximum Gasteiger partial charge on any atom is 0.321 e. The van der Waals surface area contributed by atoms with Crippen LogP contribution in [0.3, 0.4) is 0 Å². The molecule has 1 rings (SSSR count). The molecule has 0 aromatic heterocycles. The number of carboxylic acid groups (broad SMARTS) is 1. The van der Waals surface area contributed by atoms with Gasteiger partial charge in [-0.3, -0.25) is 4.79 Å². The van der Waals surface area contributed by atoms with Crippen LogP contribution in [0.1, 0.15) is 6.42 Å². The van der Waals surface area contributed by atoms with Crippen LogP contribution >= 0.6 is 11.8 Å². The third-order valence-electron chi connectivity index (χ3n) is 1.90. The Kier molecular flexibility index (Phi) is 2.21. The van der Waals surface area contributed by atoms with E-state index in [0.29, 0.717) is 6.54 Å². The zero-order valence-corrected chi connectivity index (χ0v) is 6.70. The van der Waals surface area contributed by atoms with E-state index in [1.54, 1.807) is 0 Å². The lowest BCUT2D eigenvalue weighted by Gasteiger charge is -2.18. The summed E-state index contributed by atoms with van der Waals surface area (Å²) in [5, 5.41) is 11.8. The van der Waals surface area contributed by atoms with Gasteiger partial charge in [-0.15, -0.1) is 11.8 Å². The second kappa shape index (κ2) is 2.80. The van der Waals surface area contributed by atoms with E-state index >= 15 is 0 Å². The van der Waals surface area contributed by atoms with Crippen LogP contribution in [0.15, 0.2) is 0 Å². The molecule has 0 bridgehead atoms. The van der Waals surface area contributed by atoms with Gasteiger partial charge in [0.05, 0.1) is 0 Å². The molecule has 1 atom stereocenters. The van der Waals surface area contributed by atoms with Crippen molar-refractivity contribution in [2.24, 2.45) is 0 Å². The smallest absolute Gasteiger partial charge is 0.321 e. The van der Waals surface area contributed by atoms with Crippen molar-refractivity contribution in [2.75, 3.05) is 19.3 Å². The Bertz CT molecular complexity index is 143. The van der Waals surface area contributed by atoms with Crippen molar-refractivity contribution in [2.45, 2.75) is 11.2 Å². The van der Waals surface area contributed by atoms with Gasteiger partial charge in [0.2, 0.25) is 0 Å². The first-order valence-corrected chi connectivity index (χ1v) is 4.43. The molecule has 0 aromatic rings. The van der Waals surface area contributed by atoms with Crippen LogP contribution in [0.5, 0.6) is 0 Å². The van der Waals surface area contributed by atoms with Gasteiger partial charge in [0, 0.05) is 6.54 Å². The van der Waals surface area contributed by atoms with E-state index in [0.717, 1.165) is 13.0 Å². The third-order valence-corrected chi connectivity index (χ3v) is 3.20. The molecular formula is C6H11NO2S. The van der Waals surface area contributed by atoms with Crippen LogP contribution in [0.25, 0.3) is 0 Å². The molecule has 0 aliphatic carbocycles. The molecule has 2 N–H and O–H groups in total. The van der Waals surface area contributed by atoms with E-state index in [4.69, 9.17) is 5.11 Å². The molecule has 1 aliphatic rings. The predicted octanol–water partition coefficient (Wildman–Crippen LogP) is 0.166. The summed E-state index contributed by atoms with van der Waals surface area (Å²) >= 11 is 1.43. The summed E-state index contributed by atoms with van der Waals surface area (Å²) in [6.45, 7) is 1.43. The van der Waals surface area contributed by atoms with Gasteiger partial charge in [-0.2, -0.15) is 0 Å². The van der Waals surface area contributed by atoms with E-state index in [1.165, 1.54) is 11.8 Å². The highest BCUT2D eigenvalue weighted by molar-refractivity contribution is 8.00. The average Bonchev–Trinajstić information content (AvgIpc) is 2.35. The Balaban J connectivity index is 2.67. The van der Waals surface area contributed by atoms with Crippen LogP contribution in [0.2, 0.25) is 0 Å². The molecule has 4 heteroatoms. The standard InChI is InChI=1S/C6H11NO2S/c1-10-6(5(8)9)2-3-7-4-6/h7H,2-4H2,1H3,(H,8,9). The first-order chi connectivity index (χ1) is 4.71. The number of nitrogens with one attached hydrogen (secondary N) is 1. The maximum absolute atomic E-state index is 10.7. The summed E-state index contributed by atoms with van der Waals surface area (Å²) in [7, 11) is 0. The second-order valence-electron chi connectivity index (χ2n) is 2.43. The zero-order valence-electron chi connectivity index (χ0n) is 5.89. The van der Waals surface area contributed by atoms with Gasteiger partial charge < -0.3 is 10.4 Å². The number of rotatable bonds is 2. The van der Waals surface area contributed by atoms with Crippen molar-refractivity contribution >= 4 is 17.7 Å². The van der Waals surface area contributed by atoms with Gasteiger partial charge in [0.15, 0.2) is 0 Å². The lowest BCUT2D eigenvalue weighted by Crippen LogP contribution is -2.36. The largest absolute Gasteiger partial charge is 0.480 e. The van der Waals surface area contributed by atoms with Crippen molar-refractivity contribution in [1.82, 2.24) is 5.32 Å². The summed E-state index contributed by atoms with van der Waals surface area (Å²) < 4.78 is -0.542. The highest BCUT2D eigenvalue weighted by Crippen LogP contribution is 2.29. The van der Waals surface area contributed by atoms with Crippen molar-refractivity contribution in [3.63, 3.8) is 0 Å². The summed E-state index contributed by atoms with van der Waals surface area (Å²) in [6.07, 6.45) is 2.59. The number of hydrogen-bond acceptors (Lipinski definition) is 3. The van der Waals surface area contributed by atoms with E-state index in [-0.39, 0.29) is 0 Å². The van der Waals surface area contributed by atoms with Gasteiger partial charge in [0.25, 0.3) is 0 Å². The summed E-state index contributed by atoms with van der Waals surface area (Å²) in [6, 6.07) is 0. The molecule has 1 unspecified atom stereocenters. The van der Waals surface area contributed by atoms with Crippen LogP contribution in [-0.2, 0) is 4.79 Å². The lowest BCUT2D eigenvalue weighted by atomic mass is 10.1. The van der Waals surface area contributed by atoms with Crippen LogP contribution in [0, 0.1) is 0 Å². The highest BCUT2D eigenvalue weighted by Gasteiger charge is 2.40. The van der Waals surface area contributed by atoms with Crippen molar-refractivity contribution in [1.29, 1.82) is 0 Å². The minimum atomic E-state index is -0.690. The summed E-state index contributed by atoms with van der Waals surface area (Å²) in [4.78, 5) is 10.7. The first-order valence-electron chi connectivity index (χ1n) is 3.20. The Hall–Kier alpha value is -0.220. The van der Waals surface area contributed by atoms with Gasteiger partial charge in [-0.05, 0) is 19.2 Å².